The molecule has 0 unspecified atom stereocenters. The Kier molecular flexibility index (Phi) is 4.32. The Morgan fingerprint density at radius 3 is 2.83 bits per heavy atom. The number of nitriles is 1. The van der Waals surface area contributed by atoms with E-state index in [0.717, 1.165) is 31.5 Å². The van der Waals surface area contributed by atoms with Crippen LogP contribution in [0.2, 0.25) is 0 Å². The van der Waals surface area contributed by atoms with Gasteiger partial charge in [0.15, 0.2) is 0 Å². The van der Waals surface area contributed by atoms with E-state index in [2.05, 4.69) is 16.7 Å². The van der Waals surface area contributed by atoms with Crippen molar-refractivity contribution in [3.8, 4) is 6.07 Å². The third-order valence-electron chi connectivity index (χ3n) is 3.22. The maximum Gasteiger partial charge on any atom is 0.224 e. The summed E-state index contributed by atoms with van der Waals surface area (Å²) in [4.78, 5) is 11.9. The summed E-state index contributed by atoms with van der Waals surface area (Å²) in [5.41, 5.74) is 1.66. The highest BCUT2D eigenvalue weighted by Gasteiger charge is 2.20. The fourth-order valence-corrected chi connectivity index (χ4v) is 2.11. The summed E-state index contributed by atoms with van der Waals surface area (Å²) in [6, 6.07) is 9.36. The lowest BCUT2D eigenvalue weighted by molar-refractivity contribution is -0.125. The predicted octanol–water partition coefficient (Wildman–Crippen LogP) is 1.17. The van der Waals surface area contributed by atoms with Crippen molar-refractivity contribution in [2.24, 2.45) is 5.92 Å². The fraction of sp³-hybridized carbons (Fsp3) is 0.429. The second-order valence-electron chi connectivity index (χ2n) is 4.57. The van der Waals surface area contributed by atoms with Crippen LogP contribution < -0.4 is 10.6 Å². The quantitative estimate of drug-likeness (QED) is 0.837. The van der Waals surface area contributed by atoms with Crippen molar-refractivity contribution in [1.29, 1.82) is 5.26 Å². The number of nitrogens with zero attached hydrogens (tertiary/aromatic N) is 1. The highest BCUT2D eigenvalue weighted by atomic mass is 16.1. The van der Waals surface area contributed by atoms with Crippen LogP contribution in [-0.2, 0) is 11.3 Å². The molecular weight excluding hydrogens is 226 g/mol. The summed E-state index contributed by atoms with van der Waals surface area (Å²) in [6.45, 7) is 2.32. The van der Waals surface area contributed by atoms with Gasteiger partial charge in [0.25, 0.3) is 0 Å². The van der Waals surface area contributed by atoms with Gasteiger partial charge in [-0.15, -0.1) is 0 Å². The van der Waals surface area contributed by atoms with Crippen LogP contribution in [0.3, 0.4) is 0 Å². The molecule has 4 heteroatoms. The Hall–Kier alpha value is -1.86. The van der Waals surface area contributed by atoms with Crippen molar-refractivity contribution >= 4 is 5.91 Å². The van der Waals surface area contributed by atoms with Crippen molar-refractivity contribution < 1.29 is 4.79 Å². The Bertz CT molecular complexity index is 441. The molecule has 1 aromatic rings. The average molecular weight is 243 g/mol. The number of carbonyl (C=O) groups is 1. The third kappa shape index (κ3) is 3.31. The zero-order valence-electron chi connectivity index (χ0n) is 10.3. The first-order valence-corrected chi connectivity index (χ1v) is 6.27. The first-order chi connectivity index (χ1) is 8.79. The van der Waals surface area contributed by atoms with Crippen molar-refractivity contribution in [3.05, 3.63) is 35.4 Å². The van der Waals surface area contributed by atoms with Crippen LogP contribution in [0.4, 0.5) is 0 Å². The number of amides is 1. The van der Waals surface area contributed by atoms with Gasteiger partial charge in [-0.1, -0.05) is 12.1 Å². The van der Waals surface area contributed by atoms with E-state index in [-0.39, 0.29) is 11.8 Å². The van der Waals surface area contributed by atoms with Crippen LogP contribution in [0.25, 0.3) is 0 Å². The first-order valence-electron chi connectivity index (χ1n) is 6.27. The number of hydrogen-bond acceptors (Lipinski definition) is 3. The molecule has 2 N–H and O–H groups in total. The fourth-order valence-electron chi connectivity index (χ4n) is 2.11. The van der Waals surface area contributed by atoms with E-state index in [4.69, 9.17) is 5.26 Å². The van der Waals surface area contributed by atoms with Crippen LogP contribution in [-0.4, -0.2) is 19.0 Å². The van der Waals surface area contributed by atoms with Gasteiger partial charge >= 0.3 is 0 Å². The van der Waals surface area contributed by atoms with E-state index in [9.17, 15) is 4.79 Å². The molecule has 1 saturated heterocycles. The molecule has 0 spiro atoms. The Labute approximate surface area is 107 Å². The van der Waals surface area contributed by atoms with Crippen molar-refractivity contribution in [3.63, 3.8) is 0 Å². The molecule has 1 amide bonds. The minimum Gasteiger partial charge on any atom is -0.352 e. The van der Waals surface area contributed by atoms with E-state index in [1.165, 1.54) is 0 Å². The van der Waals surface area contributed by atoms with Gasteiger partial charge in [0.05, 0.1) is 17.6 Å². The van der Waals surface area contributed by atoms with Crippen LogP contribution in [0.5, 0.6) is 0 Å². The second kappa shape index (κ2) is 6.18. The number of nitrogens with one attached hydrogen (secondary N) is 2. The number of piperidine rings is 1. The minimum atomic E-state index is 0.0946. The Balaban J connectivity index is 1.83. The summed E-state index contributed by atoms with van der Waals surface area (Å²) < 4.78 is 0. The topological polar surface area (TPSA) is 64.9 Å². The first kappa shape index (κ1) is 12.6. The second-order valence-corrected chi connectivity index (χ2v) is 4.57. The van der Waals surface area contributed by atoms with E-state index in [1.54, 1.807) is 12.1 Å². The summed E-state index contributed by atoms with van der Waals surface area (Å²) >= 11 is 0. The molecule has 1 fully saturated rings. The van der Waals surface area contributed by atoms with Gasteiger partial charge in [-0.3, -0.25) is 4.79 Å². The summed E-state index contributed by atoms with van der Waals surface area (Å²) in [7, 11) is 0. The number of benzene rings is 1. The Morgan fingerprint density at radius 2 is 2.22 bits per heavy atom. The number of hydrogen-bond donors (Lipinski definition) is 2. The van der Waals surface area contributed by atoms with E-state index in [0.29, 0.717) is 12.1 Å². The average Bonchev–Trinajstić information content (AvgIpc) is 2.46. The van der Waals surface area contributed by atoms with Crippen LogP contribution >= 0.6 is 0 Å². The van der Waals surface area contributed by atoms with E-state index in [1.807, 2.05) is 12.1 Å². The highest BCUT2D eigenvalue weighted by Crippen LogP contribution is 2.10. The van der Waals surface area contributed by atoms with E-state index >= 15 is 0 Å². The molecule has 1 atom stereocenters. The monoisotopic (exact) mass is 243 g/mol. The number of rotatable bonds is 3. The van der Waals surface area contributed by atoms with Gasteiger partial charge in [0.2, 0.25) is 5.91 Å². The molecule has 2 rings (SSSR count). The molecule has 18 heavy (non-hydrogen) atoms. The van der Waals surface area contributed by atoms with Crippen molar-refractivity contribution in [2.75, 3.05) is 13.1 Å². The van der Waals surface area contributed by atoms with Crippen molar-refractivity contribution in [2.45, 2.75) is 19.4 Å². The molecule has 0 aromatic heterocycles. The largest absolute Gasteiger partial charge is 0.352 e. The number of carbonyl (C=O) groups excluding carboxylic acids is 1. The normalized spacial score (nSPS) is 18.9. The lowest BCUT2D eigenvalue weighted by Gasteiger charge is -2.21. The summed E-state index contributed by atoms with van der Waals surface area (Å²) in [5.74, 6) is 0.212. The molecule has 1 aliphatic rings. The molecule has 0 saturated carbocycles. The van der Waals surface area contributed by atoms with Gasteiger partial charge in [-0.2, -0.15) is 5.26 Å². The molecule has 1 aliphatic heterocycles. The third-order valence-corrected chi connectivity index (χ3v) is 3.22. The van der Waals surface area contributed by atoms with Crippen molar-refractivity contribution in [1.82, 2.24) is 10.6 Å². The van der Waals surface area contributed by atoms with Gasteiger partial charge in [-0.05, 0) is 37.1 Å². The molecule has 0 aliphatic carbocycles. The molecule has 0 radical (unpaired) electrons. The van der Waals surface area contributed by atoms with Gasteiger partial charge < -0.3 is 10.6 Å². The minimum absolute atomic E-state index is 0.0946. The molecule has 4 nitrogen and oxygen atoms in total. The van der Waals surface area contributed by atoms with E-state index < -0.39 is 0 Å². The van der Waals surface area contributed by atoms with Crippen LogP contribution in [0.15, 0.2) is 24.3 Å². The maximum atomic E-state index is 11.9. The molecule has 0 bridgehead atoms. The maximum absolute atomic E-state index is 11.9. The molecule has 94 valence electrons. The summed E-state index contributed by atoms with van der Waals surface area (Å²) in [5, 5.41) is 14.9. The smallest absolute Gasteiger partial charge is 0.224 e. The zero-order valence-corrected chi connectivity index (χ0v) is 10.3. The van der Waals surface area contributed by atoms with Crippen LogP contribution in [0, 0.1) is 17.2 Å². The SMILES string of the molecule is N#Cc1ccc(CNC(=O)[C@H]2CCCNC2)cc1. The van der Waals surface area contributed by atoms with Gasteiger partial charge in [0.1, 0.15) is 0 Å². The molecule has 1 heterocycles. The predicted molar refractivity (Wildman–Crippen MR) is 68.6 cm³/mol. The molecule has 1 aromatic carbocycles. The lowest BCUT2D eigenvalue weighted by Crippen LogP contribution is -2.40. The molecular formula is C14H17N3O. The zero-order chi connectivity index (χ0) is 12.8. The van der Waals surface area contributed by atoms with Crippen LogP contribution in [0.1, 0.15) is 24.0 Å². The highest BCUT2D eigenvalue weighted by molar-refractivity contribution is 5.78. The van der Waals surface area contributed by atoms with Gasteiger partial charge in [-0.25, -0.2) is 0 Å². The lowest BCUT2D eigenvalue weighted by atomic mass is 9.99. The summed E-state index contributed by atoms with van der Waals surface area (Å²) in [6.07, 6.45) is 2.03. The van der Waals surface area contributed by atoms with Gasteiger partial charge in [0, 0.05) is 13.1 Å². The standard InChI is InChI=1S/C14H17N3O/c15-8-11-3-5-12(6-4-11)9-17-14(18)13-2-1-7-16-10-13/h3-6,13,16H,1-2,7,9-10H2,(H,17,18)/t13-/m0/s1. The Morgan fingerprint density at radius 1 is 1.44 bits per heavy atom.